The fourth-order valence-corrected chi connectivity index (χ4v) is 2.19. The van der Waals surface area contributed by atoms with Crippen molar-refractivity contribution in [1.29, 1.82) is 0 Å². The van der Waals surface area contributed by atoms with Crippen molar-refractivity contribution in [2.45, 2.75) is 18.9 Å². The van der Waals surface area contributed by atoms with Crippen molar-refractivity contribution < 1.29 is 14.8 Å². The number of methoxy groups -OCH3 is 2. The molecular formula is C12H18NO2+. The fraction of sp³-hybridized carbons (Fsp3) is 0.500. The minimum atomic E-state index is 0.537. The second kappa shape index (κ2) is 4.53. The summed E-state index contributed by atoms with van der Waals surface area (Å²) in [7, 11) is 3.42. The van der Waals surface area contributed by atoms with Crippen molar-refractivity contribution in [3.8, 4) is 11.5 Å². The Morgan fingerprint density at radius 2 is 2.13 bits per heavy atom. The zero-order chi connectivity index (χ0) is 10.7. The highest BCUT2D eigenvalue weighted by atomic mass is 16.5. The van der Waals surface area contributed by atoms with Gasteiger partial charge in [-0.2, -0.15) is 0 Å². The van der Waals surface area contributed by atoms with Gasteiger partial charge in [0.15, 0.2) is 0 Å². The van der Waals surface area contributed by atoms with Crippen molar-refractivity contribution in [3.63, 3.8) is 0 Å². The van der Waals surface area contributed by atoms with Crippen LogP contribution in [0.1, 0.15) is 24.4 Å². The molecule has 0 aromatic heterocycles. The Bertz CT molecular complexity index is 332. The van der Waals surface area contributed by atoms with Gasteiger partial charge in [-0.15, -0.1) is 0 Å². The van der Waals surface area contributed by atoms with E-state index in [2.05, 4.69) is 11.4 Å². The molecule has 1 saturated heterocycles. The van der Waals surface area contributed by atoms with Gasteiger partial charge in [-0.3, -0.25) is 0 Å². The first kappa shape index (κ1) is 10.3. The van der Waals surface area contributed by atoms with Crippen LogP contribution in [-0.2, 0) is 0 Å². The van der Waals surface area contributed by atoms with E-state index in [-0.39, 0.29) is 0 Å². The number of quaternary nitrogens is 1. The molecule has 0 aliphatic carbocycles. The molecule has 2 rings (SSSR count). The third-order valence-electron chi connectivity index (χ3n) is 3.01. The van der Waals surface area contributed by atoms with Gasteiger partial charge >= 0.3 is 0 Å². The summed E-state index contributed by atoms with van der Waals surface area (Å²) in [6, 6.07) is 6.55. The first-order valence-electron chi connectivity index (χ1n) is 5.40. The van der Waals surface area contributed by atoms with Gasteiger partial charge in [0.25, 0.3) is 0 Å². The first-order valence-corrected chi connectivity index (χ1v) is 5.40. The predicted octanol–water partition coefficient (Wildman–Crippen LogP) is 1.10. The van der Waals surface area contributed by atoms with Crippen molar-refractivity contribution in [1.82, 2.24) is 0 Å². The van der Waals surface area contributed by atoms with E-state index in [1.165, 1.54) is 24.9 Å². The lowest BCUT2D eigenvalue weighted by atomic mass is 10.0. The molecule has 0 amide bonds. The summed E-state index contributed by atoms with van der Waals surface area (Å²) in [5.41, 5.74) is 1.26. The van der Waals surface area contributed by atoms with Crippen LogP contribution >= 0.6 is 0 Å². The van der Waals surface area contributed by atoms with E-state index >= 15 is 0 Å². The highest BCUT2D eigenvalue weighted by molar-refractivity contribution is 5.41. The molecule has 1 heterocycles. The SMILES string of the molecule is COc1ccc(OC)c([C@H]2CCC[NH2+]2)c1. The first-order chi connectivity index (χ1) is 7.35. The molecule has 1 aromatic rings. The standard InChI is InChI=1S/C12H17NO2/c1-14-9-5-6-12(15-2)10(8-9)11-4-3-7-13-11/h5-6,8,11,13H,3-4,7H2,1-2H3/p+1/t11-/m1/s1. The average Bonchev–Trinajstić information content (AvgIpc) is 2.81. The molecule has 1 atom stereocenters. The van der Waals surface area contributed by atoms with E-state index in [4.69, 9.17) is 9.47 Å². The molecule has 0 unspecified atom stereocenters. The Morgan fingerprint density at radius 1 is 1.27 bits per heavy atom. The Labute approximate surface area is 90.4 Å². The molecule has 0 radical (unpaired) electrons. The maximum Gasteiger partial charge on any atom is 0.128 e. The number of ether oxygens (including phenoxy) is 2. The molecule has 0 bridgehead atoms. The lowest BCUT2D eigenvalue weighted by Gasteiger charge is -2.13. The van der Waals surface area contributed by atoms with Crippen LogP contribution in [0.4, 0.5) is 0 Å². The number of hydrogen-bond donors (Lipinski definition) is 1. The van der Waals surface area contributed by atoms with E-state index in [9.17, 15) is 0 Å². The third kappa shape index (κ3) is 2.07. The van der Waals surface area contributed by atoms with Crippen LogP contribution in [0.3, 0.4) is 0 Å². The van der Waals surface area contributed by atoms with Crippen LogP contribution in [-0.4, -0.2) is 20.8 Å². The van der Waals surface area contributed by atoms with Gasteiger partial charge in [0.2, 0.25) is 0 Å². The zero-order valence-corrected chi connectivity index (χ0v) is 9.32. The Balaban J connectivity index is 2.32. The normalized spacial score (nSPS) is 20.3. The van der Waals surface area contributed by atoms with Gasteiger partial charge in [0, 0.05) is 12.8 Å². The molecule has 82 valence electrons. The maximum absolute atomic E-state index is 5.38. The lowest BCUT2D eigenvalue weighted by Crippen LogP contribution is -2.81. The largest absolute Gasteiger partial charge is 0.497 e. The van der Waals surface area contributed by atoms with E-state index < -0.39 is 0 Å². The van der Waals surface area contributed by atoms with Gasteiger partial charge in [0.1, 0.15) is 17.5 Å². The minimum Gasteiger partial charge on any atom is -0.497 e. The van der Waals surface area contributed by atoms with Crippen LogP contribution in [0.15, 0.2) is 18.2 Å². The number of nitrogens with two attached hydrogens (primary N) is 1. The quantitative estimate of drug-likeness (QED) is 0.807. The number of benzene rings is 1. The van der Waals surface area contributed by atoms with Crippen LogP contribution < -0.4 is 14.8 Å². The summed E-state index contributed by atoms with van der Waals surface area (Å²) in [6.07, 6.45) is 2.51. The van der Waals surface area contributed by atoms with Crippen LogP contribution in [0.2, 0.25) is 0 Å². The molecule has 3 nitrogen and oxygen atoms in total. The minimum absolute atomic E-state index is 0.537. The smallest absolute Gasteiger partial charge is 0.128 e. The summed E-state index contributed by atoms with van der Waals surface area (Å²) in [6.45, 7) is 1.21. The van der Waals surface area contributed by atoms with E-state index in [0.29, 0.717) is 6.04 Å². The molecule has 1 fully saturated rings. The summed E-state index contributed by atoms with van der Waals surface area (Å²) in [5.74, 6) is 1.88. The summed E-state index contributed by atoms with van der Waals surface area (Å²) < 4.78 is 10.6. The van der Waals surface area contributed by atoms with Gasteiger partial charge in [-0.1, -0.05) is 0 Å². The van der Waals surface area contributed by atoms with E-state index in [1.807, 2.05) is 12.1 Å². The van der Waals surface area contributed by atoms with Crippen LogP contribution in [0.25, 0.3) is 0 Å². The number of rotatable bonds is 3. The zero-order valence-electron chi connectivity index (χ0n) is 9.32. The molecular weight excluding hydrogens is 190 g/mol. The second-order valence-corrected chi connectivity index (χ2v) is 3.88. The average molecular weight is 208 g/mol. The van der Waals surface area contributed by atoms with E-state index in [0.717, 1.165) is 11.5 Å². The monoisotopic (exact) mass is 208 g/mol. The number of hydrogen-bond acceptors (Lipinski definition) is 2. The highest BCUT2D eigenvalue weighted by Gasteiger charge is 2.24. The third-order valence-corrected chi connectivity index (χ3v) is 3.01. The van der Waals surface area contributed by atoms with Gasteiger partial charge < -0.3 is 14.8 Å². The molecule has 0 spiro atoms. The molecule has 1 aliphatic rings. The Hall–Kier alpha value is -1.22. The second-order valence-electron chi connectivity index (χ2n) is 3.88. The van der Waals surface area contributed by atoms with Crippen molar-refractivity contribution in [2.75, 3.05) is 20.8 Å². The summed E-state index contributed by atoms with van der Waals surface area (Å²) in [4.78, 5) is 0. The van der Waals surface area contributed by atoms with Gasteiger partial charge in [-0.25, -0.2) is 0 Å². The highest BCUT2D eigenvalue weighted by Crippen LogP contribution is 2.30. The molecule has 0 saturated carbocycles. The molecule has 3 heteroatoms. The molecule has 2 N–H and O–H groups in total. The van der Waals surface area contributed by atoms with Gasteiger partial charge in [0.05, 0.1) is 26.3 Å². The van der Waals surface area contributed by atoms with Crippen molar-refractivity contribution >= 4 is 0 Å². The van der Waals surface area contributed by atoms with Gasteiger partial charge in [-0.05, 0) is 18.2 Å². The summed E-state index contributed by atoms with van der Waals surface area (Å²) in [5, 5.41) is 2.37. The van der Waals surface area contributed by atoms with Crippen LogP contribution in [0, 0.1) is 0 Å². The van der Waals surface area contributed by atoms with Crippen molar-refractivity contribution in [3.05, 3.63) is 23.8 Å². The summed E-state index contributed by atoms with van der Waals surface area (Å²) >= 11 is 0. The predicted molar refractivity (Wildman–Crippen MR) is 58.3 cm³/mol. The Morgan fingerprint density at radius 3 is 2.73 bits per heavy atom. The molecule has 15 heavy (non-hydrogen) atoms. The van der Waals surface area contributed by atoms with E-state index in [1.54, 1.807) is 14.2 Å². The van der Waals surface area contributed by atoms with Crippen LogP contribution in [0.5, 0.6) is 11.5 Å². The molecule has 1 aliphatic heterocycles. The fourth-order valence-electron chi connectivity index (χ4n) is 2.19. The Kier molecular flexibility index (Phi) is 3.11. The molecule has 1 aromatic carbocycles. The topological polar surface area (TPSA) is 35.1 Å². The maximum atomic E-state index is 5.38. The van der Waals surface area contributed by atoms with Crippen molar-refractivity contribution in [2.24, 2.45) is 0 Å². The lowest BCUT2D eigenvalue weighted by molar-refractivity contribution is -0.676.